The van der Waals surface area contributed by atoms with Crippen LogP contribution in [0.2, 0.25) is 0 Å². The summed E-state index contributed by atoms with van der Waals surface area (Å²) in [7, 11) is -3.24. The number of rotatable bonds is 6. The van der Waals surface area contributed by atoms with Crippen molar-refractivity contribution < 1.29 is 13.2 Å². The van der Waals surface area contributed by atoms with Gasteiger partial charge in [-0.15, -0.1) is 0 Å². The summed E-state index contributed by atoms with van der Waals surface area (Å²) >= 11 is 0. The minimum Gasteiger partial charge on any atom is -0.353 e. The Balaban J connectivity index is 4.50. The van der Waals surface area contributed by atoms with Gasteiger partial charge in [-0.3, -0.25) is 4.79 Å². The minimum absolute atomic E-state index is 0.0204. The lowest BCUT2D eigenvalue weighted by molar-refractivity contribution is -0.123. The maximum atomic E-state index is 11.6. The Bertz CT molecular complexity index is 407. The molecule has 0 aliphatic carbocycles. The van der Waals surface area contributed by atoms with Gasteiger partial charge in [-0.05, 0) is 20.3 Å². The number of sulfone groups is 1. The number of carbonyl (C=O) groups is 1. The molecule has 0 radical (unpaired) electrons. The van der Waals surface area contributed by atoms with E-state index in [4.69, 9.17) is 5.26 Å². The lowest BCUT2D eigenvalue weighted by Gasteiger charge is -2.23. The molecule has 5 nitrogen and oxygen atoms in total. The zero-order chi connectivity index (χ0) is 13.7. The molecule has 0 aromatic heterocycles. The van der Waals surface area contributed by atoms with E-state index in [9.17, 15) is 13.2 Å². The fraction of sp³-hybridized carbons (Fsp3) is 0.818. The topological polar surface area (TPSA) is 87.0 Å². The SMILES string of the molecule is CCCC(C#N)C(=O)NCC(C)(C)S(C)(=O)=O. The molecule has 0 fully saturated rings. The van der Waals surface area contributed by atoms with E-state index in [1.165, 1.54) is 0 Å². The fourth-order valence-corrected chi connectivity index (χ4v) is 1.43. The summed E-state index contributed by atoms with van der Waals surface area (Å²) in [6, 6.07) is 1.92. The molecule has 1 amide bonds. The van der Waals surface area contributed by atoms with Crippen LogP contribution in [0.4, 0.5) is 0 Å². The third-order valence-corrected chi connectivity index (χ3v) is 4.89. The van der Waals surface area contributed by atoms with Crippen molar-refractivity contribution in [2.24, 2.45) is 5.92 Å². The van der Waals surface area contributed by atoms with E-state index in [0.717, 1.165) is 12.7 Å². The second-order valence-corrected chi connectivity index (χ2v) is 7.37. The molecular weight excluding hydrogens is 240 g/mol. The zero-order valence-electron chi connectivity index (χ0n) is 10.8. The van der Waals surface area contributed by atoms with Crippen LogP contribution in [0.5, 0.6) is 0 Å². The van der Waals surface area contributed by atoms with Gasteiger partial charge in [0.1, 0.15) is 5.92 Å². The van der Waals surface area contributed by atoms with Gasteiger partial charge < -0.3 is 5.32 Å². The Labute approximate surface area is 103 Å². The van der Waals surface area contributed by atoms with Gasteiger partial charge in [-0.1, -0.05) is 13.3 Å². The lowest BCUT2D eigenvalue weighted by atomic mass is 10.0. The van der Waals surface area contributed by atoms with Crippen LogP contribution in [0.25, 0.3) is 0 Å². The average molecular weight is 260 g/mol. The van der Waals surface area contributed by atoms with E-state index in [-0.39, 0.29) is 6.54 Å². The Morgan fingerprint density at radius 3 is 2.35 bits per heavy atom. The molecule has 0 heterocycles. The Kier molecular flexibility index (Phi) is 5.62. The van der Waals surface area contributed by atoms with E-state index >= 15 is 0 Å². The number of nitrogens with one attached hydrogen (secondary N) is 1. The number of hydrogen-bond donors (Lipinski definition) is 1. The summed E-state index contributed by atoms with van der Waals surface area (Å²) in [5.41, 5.74) is 0. The summed E-state index contributed by atoms with van der Waals surface area (Å²) in [5.74, 6) is -1.10. The number of nitrogens with zero attached hydrogens (tertiary/aromatic N) is 1. The first-order chi connectivity index (χ1) is 7.65. The van der Waals surface area contributed by atoms with Crippen molar-refractivity contribution in [3.63, 3.8) is 0 Å². The second-order valence-electron chi connectivity index (χ2n) is 4.72. The number of amides is 1. The molecule has 1 unspecified atom stereocenters. The van der Waals surface area contributed by atoms with Crippen LogP contribution in [0.1, 0.15) is 33.6 Å². The molecule has 98 valence electrons. The summed E-state index contributed by atoms with van der Waals surface area (Å²) < 4.78 is 21.8. The molecule has 0 rings (SSSR count). The largest absolute Gasteiger partial charge is 0.353 e. The standard InChI is InChI=1S/C11H20N2O3S/c1-5-6-9(7-12)10(14)13-8-11(2,3)17(4,15)16/h9H,5-6,8H2,1-4H3,(H,13,14). The van der Waals surface area contributed by atoms with E-state index in [2.05, 4.69) is 5.32 Å². The molecule has 0 aliphatic heterocycles. The number of hydrogen-bond acceptors (Lipinski definition) is 4. The van der Waals surface area contributed by atoms with Crippen LogP contribution in [0, 0.1) is 17.2 Å². The van der Waals surface area contributed by atoms with Gasteiger partial charge in [0.2, 0.25) is 5.91 Å². The highest BCUT2D eigenvalue weighted by Crippen LogP contribution is 2.14. The monoisotopic (exact) mass is 260 g/mol. The summed E-state index contributed by atoms with van der Waals surface area (Å²) in [6.45, 7) is 5.00. The quantitative estimate of drug-likeness (QED) is 0.767. The molecule has 0 spiro atoms. The lowest BCUT2D eigenvalue weighted by Crippen LogP contribution is -2.45. The molecule has 1 N–H and O–H groups in total. The highest BCUT2D eigenvalue weighted by molar-refractivity contribution is 7.92. The summed E-state index contributed by atoms with van der Waals surface area (Å²) in [5, 5.41) is 11.3. The van der Waals surface area contributed by atoms with Gasteiger partial charge in [0, 0.05) is 12.8 Å². The van der Waals surface area contributed by atoms with E-state index in [0.29, 0.717) is 6.42 Å². The first-order valence-electron chi connectivity index (χ1n) is 5.52. The maximum Gasteiger partial charge on any atom is 0.237 e. The van der Waals surface area contributed by atoms with Crippen LogP contribution in [-0.4, -0.2) is 31.9 Å². The van der Waals surface area contributed by atoms with Crippen molar-refractivity contribution in [1.82, 2.24) is 5.32 Å². The Hall–Kier alpha value is -1.09. The van der Waals surface area contributed by atoms with E-state index in [1.807, 2.05) is 13.0 Å². The molecule has 0 saturated carbocycles. The van der Waals surface area contributed by atoms with Gasteiger partial charge in [0.05, 0.1) is 10.8 Å². The third kappa shape index (κ3) is 4.73. The van der Waals surface area contributed by atoms with Crippen molar-refractivity contribution in [2.75, 3.05) is 12.8 Å². The Morgan fingerprint density at radius 2 is 2.00 bits per heavy atom. The molecule has 0 aliphatic rings. The van der Waals surface area contributed by atoms with Crippen LogP contribution in [-0.2, 0) is 14.6 Å². The predicted octanol–water partition coefficient (Wildman–Crippen LogP) is 0.866. The molecule has 0 bridgehead atoms. The first-order valence-corrected chi connectivity index (χ1v) is 7.41. The van der Waals surface area contributed by atoms with Gasteiger partial charge in [0.25, 0.3) is 0 Å². The molecule has 0 aromatic carbocycles. The Morgan fingerprint density at radius 1 is 1.47 bits per heavy atom. The fourth-order valence-electron chi connectivity index (χ4n) is 1.10. The van der Waals surface area contributed by atoms with Crippen molar-refractivity contribution in [2.45, 2.75) is 38.4 Å². The van der Waals surface area contributed by atoms with Gasteiger partial charge >= 0.3 is 0 Å². The summed E-state index contributed by atoms with van der Waals surface area (Å²) in [6.07, 6.45) is 2.36. The molecule has 17 heavy (non-hydrogen) atoms. The van der Waals surface area contributed by atoms with E-state index < -0.39 is 26.4 Å². The maximum absolute atomic E-state index is 11.6. The molecule has 1 atom stereocenters. The first kappa shape index (κ1) is 15.9. The molecular formula is C11H20N2O3S. The third-order valence-electron chi connectivity index (χ3n) is 2.74. The minimum atomic E-state index is -3.24. The molecule has 0 aromatic rings. The normalized spacial score (nSPS) is 13.8. The van der Waals surface area contributed by atoms with Crippen molar-refractivity contribution in [3.8, 4) is 6.07 Å². The van der Waals surface area contributed by atoms with Crippen molar-refractivity contribution in [3.05, 3.63) is 0 Å². The average Bonchev–Trinajstić information content (AvgIpc) is 2.21. The van der Waals surface area contributed by atoms with Crippen LogP contribution in [0.15, 0.2) is 0 Å². The van der Waals surface area contributed by atoms with Gasteiger partial charge in [-0.25, -0.2) is 8.42 Å². The molecule has 6 heteroatoms. The van der Waals surface area contributed by atoms with E-state index in [1.54, 1.807) is 13.8 Å². The van der Waals surface area contributed by atoms with Crippen molar-refractivity contribution >= 4 is 15.7 Å². The van der Waals surface area contributed by atoms with Gasteiger partial charge in [-0.2, -0.15) is 5.26 Å². The molecule has 0 saturated heterocycles. The number of carbonyl (C=O) groups excluding carboxylic acids is 1. The van der Waals surface area contributed by atoms with Crippen LogP contribution in [0.3, 0.4) is 0 Å². The van der Waals surface area contributed by atoms with Gasteiger partial charge in [0.15, 0.2) is 9.84 Å². The highest BCUT2D eigenvalue weighted by atomic mass is 32.2. The van der Waals surface area contributed by atoms with Crippen LogP contribution < -0.4 is 5.32 Å². The number of nitriles is 1. The smallest absolute Gasteiger partial charge is 0.237 e. The highest BCUT2D eigenvalue weighted by Gasteiger charge is 2.31. The van der Waals surface area contributed by atoms with Crippen molar-refractivity contribution in [1.29, 1.82) is 5.26 Å². The van der Waals surface area contributed by atoms with Crippen LogP contribution >= 0.6 is 0 Å². The predicted molar refractivity (Wildman–Crippen MR) is 65.9 cm³/mol. The summed E-state index contributed by atoms with van der Waals surface area (Å²) in [4.78, 5) is 11.6. The second kappa shape index (κ2) is 6.01. The zero-order valence-corrected chi connectivity index (χ0v) is 11.6.